The van der Waals surface area contributed by atoms with E-state index in [4.69, 9.17) is 0 Å². The zero-order valence-electron chi connectivity index (χ0n) is 15.4. The molecule has 0 amide bonds. The van der Waals surface area contributed by atoms with Gasteiger partial charge < -0.3 is 0 Å². The van der Waals surface area contributed by atoms with Crippen molar-refractivity contribution >= 4 is 10.0 Å². The molecule has 0 saturated carbocycles. The molecule has 26 heavy (non-hydrogen) atoms. The quantitative estimate of drug-likeness (QED) is 0.816. The van der Waals surface area contributed by atoms with E-state index in [-0.39, 0.29) is 11.5 Å². The van der Waals surface area contributed by atoms with Crippen molar-refractivity contribution in [1.82, 2.24) is 19.0 Å². The Morgan fingerprint density at radius 2 is 1.92 bits per heavy atom. The van der Waals surface area contributed by atoms with Gasteiger partial charge in [-0.1, -0.05) is 30.3 Å². The number of benzene rings is 1. The third-order valence-electron chi connectivity index (χ3n) is 6.01. The maximum atomic E-state index is 12.4. The second kappa shape index (κ2) is 6.48. The molecule has 2 fully saturated rings. The lowest BCUT2D eigenvalue weighted by atomic mass is 9.69. The molecule has 2 saturated heterocycles. The summed E-state index contributed by atoms with van der Waals surface area (Å²) < 4.78 is 28.4. The van der Waals surface area contributed by atoms with Crippen molar-refractivity contribution in [3.63, 3.8) is 0 Å². The molecular formula is C19H26N4O2S. The first kappa shape index (κ1) is 17.7. The lowest BCUT2D eigenvalue weighted by Gasteiger charge is -2.46. The van der Waals surface area contributed by atoms with Crippen LogP contribution in [0.25, 0.3) is 0 Å². The van der Waals surface area contributed by atoms with Crippen LogP contribution in [0.5, 0.6) is 0 Å². The average Bonchev–Trinajstić information content (AvgIpc) is 3.19. The highest BCUT2D eigenvalue weighted by molar-refractivity contribution is 7.88. The Balaban J connectivity index is 1.64. The topological polar surface area (TPSA) is 58.4 Å². The van der Waals surface area contributed by atoms with Crippen molar-refractivity contribution in [1.29, 1.82) is 0 Å². The predicted octanol–water partition coefficient (Wildman–Crippen LogP) is 1.60. The molecule has 140 valence electrons. The van der Waals surface area contributed by atoms with E-state index in [1.807, 2.05) is 30.2 Å². The molecule has 2 aromatic rings. The van der Waals surface area contributed by atoms with Gasteiger partial charge in [-0.2, -0.15) is 9.40 Å². The van der Waals surface area contributed by atoms with Crippen LogP contribution in [0.2, 0.25) is 0 Å². The van der Waals surface area contributed by atoms with Gasteiger partial charge in [0.1, 0.15) is 0 Å². The third-order valence-corrected chi connectivity index (χ3v) is 7.30. The Morgan fingerprint density at radius 3 is 2.58 bits per heavy atom. The number of likely N-dealkylation sites (tertiary alicyclic amines) is 1. The van der Waals surface area contributed by atoms with Crippen molar-refractivity contribution in [3.05, 3.63) is 53.9 Å². The van der Waals surface area contributed by atoms with Crippen molar-refractivity contribution in [2.75, 3.05) is 25.9 Å². The highest BCUT2D eigenvalue weighted by Crippen LogP contribution is 2.46. The van der Waals surface area contributed by atoms with Gasteiger partial charge in [0.2, 0.25) is 10.0 Å². The van der Waals surface area contributed by atoms with Crippen LogP contribution in [-0.2, 0) is 29.0 Å². The minimum atomic E-state index is -3.22. The lowest BCUT2D eigenvalue weighted by Crippen LogP contribution is -2.56. The molecule has 2 aliphatic rings. The minimum Gasteiger partial charge on any atom is -0.297 e. The van der Waals surface area contributed by atoms with Gasteiger partial charge in [-0.25, -0.2) is 8.42 Å². The number of piperidine rings is 1. The Morgan fingerprint density at radius 1 is 1.19 bits per heavy atom. The normalized spacial score (nSPS) is 27.5. The molecule has 1 aromatic heterocycles. The Bertz CT molecular complexity index is 880. The van der Waals surface area contributed by atoms with Crippen LogP contribution in [0.1, 0.15) is 24.0 Å². The van der Waals surface area contributed by atoms with E-state index in [0.29, 0.717) is 6.54 Å². The highest BCUT2D eigenvalue weighted by Gasteiger charge is 2.53. The van der Waals surface area contributed by atoms with E-state index >= 15 is 0 Å². The largest absolute Gasteiger partial charge is 0.297 e. The maximum Gasteiger partial charge on any atom is 0.211 e. The zero-order chi connectivity index (χ0) is 18.4. The van der Waals surface area contributed by atoms with Crippen LogP contribution >= 0.6 is 0 Å². The van der Waals surface area contributed by atoms with Crippen molar-refractivity contribution in [2.45, 2.75) is 30.8 Å². The summed E-state index contributed by atoms with van der Waals surface area (Å²) in [7, 11) is -1.30. The fourth-order valence-electron chi connectivity index (χ4n) is 4.76. The summed E-state index contributed by atoms with van der Waals surface area (Å²) in [5.74, 6) is 0. The van der Waals surface area contributed by atoms with Gasteiger partial charge in [0.05, 0.1) is 12.5 Å². The molecule has 4 rings (SSSR count). The Kier molecular flexibility index (Phi) is 4.41. The molecule has 0 radical (unpaired) electrons. The summed E-state index contributed by atoms with van der Waals surface area (Å²) >= 11 is 0. The SMILES string of the molecule is Cn1cc(CN2CCC3(c4ccccc4)CCN(S(C)(=O)=O)C3C2)cn1. The van der Waals surface area contributed by atoms with Gasteiger partial charge in [0, 0.05) is 49.9 Å². The van der Waals surface area contributed by atoms with E-state index in [1.165, 1.54) is 17.4 Å². The molecule has 1 aromatic carbocycles. The van der Waals surface area contributed by atoms with Crippen molar-refractivity contribution in [2.24, 2.45) is 7.05 Å². The maximum absolute atomic E-state index is 12.4. The van der Waals surface area contributed by atoms with E-state index in [2.05, 4.69) is 34.3 Å². The van der Waals surface area contributed by atoms with E-state index in [0.717, 1.165) is 32.5 Å². The molecule has 0 spiro atoms. The molecule has 0 aliphatic carbocycles. The number of fused-ring (bicyclic) bond motifs is 1. The standard InChI is InChI=1S/C19H26N4O2S/c1-21-13-16(12-20-21)14-22-10-8-19(17-6-4-3-5-7-17)9-11-23(18(19)15-22)26(2,24)25/h3-7,12-13,18H,8-11,14-15H2,1-2H3. The molecule has 0 bridgehead atoms. The summed E-state index contributed by atoms with van der Waals surface area (Å²) in [6.45, 7) is 3.15. The Labute approximate surface area is 155 Å². The first-order chi connectivity index (χ1) is 12.4. The fraction of sp³-hybridized carbons (Fsp3) is 0.526. The summed E-state index contributed by atoms with van der Waals surface area (Å²) in [5, 5.41) is 4.25. The van der Waals surface area contributed by atoms with Gasteiger partial charge in [-0.3, -0.25) is 9.58 Å². The number of nitrogens with zero attached hydrogens (tertiary/aromatic N) is 4. The number of sulfonamides is 1. The smallest absolute Gasteiger partial charge is 0.211 e. The summed E-state index contributed by atoms with van der Waals surface area (Å²) in [4.78, 5) is 2.37. The lowest BCUT2D eigenvalue weighted by molar-refractivity contribution is 0.110. The summed E-state index contributed by atoms with van der Waals surface area (Å²) in [6, 6.07) is 10.5. The van der Waals surface area contributed by atoms with E-state index in [1.54, 1.807) is 4.31 Å². The number of hydrogen-bond donors (Lipinski definition) is 0. The molecule has 0 N–H and O–H groups in total. The average molecular weight is 375 g/mol. The number of aromatic nitrogens is 2. The fourth-order valence-corrected chi connectivity index (χ4v) is 5.92. The molecule has 2 aliphatic heterocycles. The summed E-state index contributed by atoms with van der Waals surface area (Å²) in [5.41, 5.74) is 2.37. The molecule has 6 nitrogen and oxygen atoms in total. The predicted molar refractivity (Wildman–Crippen MR) is 101 cm³/mol. The number of hydrogen-bond acceptors (Lipinski definition) is 4. The first-order valence-electron chi connectivity index (χ1n) is 9.11. The number of aryl methyl sites for hydroxylation is 1. The van der Waals surface area contributed by atoms with Crippen LogP contribution in [0.3, 0.4) is 0 Å². The van der Waals surface area contributed by atoms with E-state index < -0.39 is 10.0 Å². The van der Waals surface area contributed by atoms with Crippen LogP contribution in [0.15, 0.2) is 42.7 Å². The minimum absolute atomic E-state index is 0.00896. The number of rotatable bonds is 4. The van der Waals surface area contributed by atoms with Crippen LogP contribution < -0.4 is 0 Å². The van der Waals surface area contributed by atoms with Crippen LogP contribution in [-0.4, -0.2) is 59.3 Å². The second-order valence-corrected chi connectivity index (χ2v) is 9.60. The molecule has 2 unspecified atom stereocenters. The van der Waals surface area contributed by atoms with Gasteiger partial charge in [-0.05, 0) is 24.9 Å². The van der Waals surface area contributed by atoms with Gasteiger partial charge in [0.25, 0.3) is 0 Å². The van der Waals surface area contributed by atoms with E-state index in [9.17, 15) is 8.42 Å². The zero-order valence-corrected chi connectivity index (χ0v) is 16.2. The summed E-state index contributed by atoms with van der Waals surface area (Å²) in [6.07, 6.45) is 7.14. The molecular weight excluding hydrogens is 348 g/mol. The molecule has 3 heterocycles. The monoisotopic (exact) mass is 374 g/mol. The molecule has 7 heteroatoms. The van der Waals surface area contributed by atoms with Crippen molar-refractivity contribution < 1.29 is 8.42 Å². The van der Waals surface area contributed by atoms with Crippen LogP contribution in [0.4, 0.5) is 0 Å². The second-order valence-electron chi connectivity index (χ2n) is 7.67. The van der Waals surface area contributed by atoms with Gasteiger partial charge in [-0.15, -0.1) is 0 Å². The first-order valence-corrected chi connectivity index (χ1v) is 11.0. The van der Waals surface area contributed by atoms with Gasteiger partial charge >= 0.3 is 0 Å². The van der Waals surface area contributed by atoms with Crippen molar-refractivity contribution in [3.8, 4) is 0 Å². The molecule has 2 atom stereocenters. The van der Waals surface area contributed by atoms with Crippen LogP contribution in [0, 0.1) is 0 Å². The third kappa shape index (κ3) is 3.08. The highest BCUT2D eigenvalue weighted by atomic mass is 32.2. The van der Waals surface area contributed by atoms with Gasteiger partial charge in [0.15, 0.2) is 0 Å². The Hall–Kier alpha value is -1.70.